The molecule has 8 nitrogen and oxygen atoms in total. The Labute approximate surface area is 188 Å². The Balaban J connectivity index is 1.46. The standard InChI is InChI=1S/C24H30N6O2/c1-16-11-18(13-25-12-16)30-14-19(17-5-6-17)20-21(26-15-27-22(20)30)28-7-9-29(10-8-28)23(31)32-24(2,3)4/h11-15,17H,5-10H2,1-4H3. The number of piperazine rings is 1. The third kappa shape index (κ3) is 4.01. The lowest BCUT2D eigenvalue weighted by Gasteiger charge is -2.36. The number of carbonyl (C=O) groups is 1. The molecule has 0 radical (unpaired) electrons. The minimum absolute atomic E-state index is 0.248. The van der Waals surface area contributed by atoms with Crippen LogP contribution in [0.15, 0.2) is 31.0 Å². The third-order valence-corrected chi connectivity index (χ3v) is 5.98. The molecule has 32 heavy (non-hydrogen) atoms. The Kier molecular flexibility index (Phi) is 5.03. The number of aromatic nitrogens is 4. The first-order valence-electron chi connectivity index (χ1n) is 11.3. The van der Waals surface area contributed by atoms with E-state index in [9.17, 15) is 4.79 Å². The average Bonchev–Trinajstić information content (AvgIpc) is 3.52. The second-order valence-electron chi connectivity index (χ2n) is 9.80. The van der Waals surface area contributed by atoms with E-state index in [1.165, 1.54) is 18.4 Å². The molecular formula is C24H30N6O2. The maximum absolute atomic E-state index is 12.5. The van der Waals surface area contributed by atoms with Crippen molar-refractivity contribution in [2.24, 2.45) is 0 Å². The Morgan fingerprint density at radius 1 is 1.09 bits per heavy atom. The van der Waals surface area contributed by atoms with Crippen molar-refractivity contribution in [1.29, 1.82) is 0 Å². The molecule has 3 aromatic heterocycles. The highest BCUT2D eigenvalue weighted by Gasteiger charge is 2.32. The van der Waals surface area contributed by atoms with E-state index in [-0.39, 0.29) is 6.09 Å². The van der Waals surface area contributed by atoms with Crippen LogP contribution < -0.4 is 4.90 Å². The monoisotopic (exact) mass is 434 g/mol. The zero-order chi connectivity index (χ0) is 22.5. The first kappa shape index (κ1) is 20.7. The summed E-state index contributed by atoms with van der Waals surface area (Å²) in [7, 11) is 0. The van der Waals surface area contributed by atoms with Crippen molar-refractivity contribution in [1.82, 2.24) is 24.4 Å². The fourth-order valence-corrected chi connectivity index (χ4v) is 4.31. The van der Waals surface area contributed by atoms with Crippen molar-refractivity contribution in [3.63, 3.8) is 0 Å². The zero-order valence-electron chi connectivity index (χ0n) is 19.2. The van der Waals surface area contributed by atoms with E-state index >= 15 is 0 Å². The molecule has 0 unspecified atom stereocenters. The fraction of sp³-hybridized carbons (Fsp3) is 0.500. The highest BCUT2D eigenvalue weighted by Crippen LogP contribution is 2.46. The van der Waals surface area contributed by atoms with Gasteiger partial charge in [0.1, 0.15) is 23.4 Å². The van der Waals surface area contributed by atoms with Crippen molar-refractivity contribution in [2.75, 3.05) is 31.1 Å². The lowest BCUT2D eigenvalue weighted by molar-refractivity contribution is 0.0240. The van der Waals surface area contributed by atoms with Crippen LogP contribution in [0.2, 0.25) is 0 Å². The van der Waals surface area contributed by atoms with Crippen molar-refractivity contribution in [2.45, 2.75) is 52.1 Å². The molecule has 4 heterocycles. The van der Waals surface area contributed by atoms with Crippen molar-refractivity contribution >= 4 is 22.9 Å². The molecule has 8 heteroatoms. The van der Waals surface area contributed by atoms with Gasteiger partial charge >= 0.3 is 6.09 Å². The molecule has 0 aromatic carbocycles. The molecule has 0 N–H and O–H groups in total. The Morgan fingerprint density at radius 3 is 2.50 bits per heavy atom. The lowest BCUT2D eigenvalue weighted by Crippen LogP contribution is -2.50. The third-order valence-electron chi connectivity index (χ3n) is 5.98. The predicted molar refractivity (Wildman–Crippen MR) is 123 cm³/mol. The molecule has 168 valence electrons. The molecular weight excluding hydrogens is 404 g/mol. The Bertz CT molecular complexity index is 1150. The van der Waals surface area contributed by atoms with Gasteiger partial charge in [-0.05, 0) is 63.6 Å². The molecule has 5 rings (SSSR count). The average molecular weight is 435 g/mol. The molecule has 2 fully saturated rings. The summed E-state index contributed by atoms with van der Waals surface area (Å²) in [5, 5.41) is 1.13. The number of nitrogens with zero attached hydrogens (tertiary/aromatic N) is 6. The number of rotatable bonds is 3. The minimum atomic E-state index is -0.486. The van der Waals surface area contributed by atoms with Crippen LogP contribution in [0.5, 0.6) is 0 Å². The molecule has 1 aliphatic carbocycles. The van der Waals surface area contributed by atoms with E-state index in [1.807, 2.05) is 33.2 Å². The molecule has 0 atom stereocenters. The van der Waals surface area contributed by atoms with Crippen LogP contribution >= 0.6 is 0 Å². The van der Waals surface area contributed by atoms with Crippen molar-refractivity contribution in [3.8, 4) is 5.69 Å². The van der Waals surface area contributed by atoms with Gasteiger partial charge in [0.25, 0.3) is 0 Å². The lowest BCUT2D eigenvalue weighted by atomic mass is 10.1. The molecule has 1 saturated heterocycles. The van der Waals surface area contributed by atoms with Gasteiger partial charge in [-0.1, -0.05) is 0 Å². The molecule has 1 saturated carbocycles. The van der Waals surface area contributed by atoms with Gasteiger partial charge in [0.15, 0.2) is 0 Å². The van der Waals surface area contributed by atoms with Gasteiger partial charge in [-0.2, -0.15) is 0 Å². The maximum atomic E-state index is 12.5. The summed E-state index contributed by atoms with van der Waals surface area (Å²) in [5.74, 6) is 1.52. The van der Waals surface area contributed by atoms with E-state index < -0.39 is 5.60 Å². The smallest absolute Gasteiger partial charge is 0.410 e. The normalized spacial score (nSPS) is 17.1. The summed E-state index contributed by atoms with van der Waals surface area (Å²) in [4.78, 5) is 30.3. The number of fused-ring (bicyclic) bond motifs is 1. The largest absolute Gasteiger partial charge is 0.444 e. The molecule has 0 bridgehead atoms. The van der Waals surface area contributed by atoms with Crippen LogP contribution in [0.3, 0.4) is 0 Å². The number of hydrogen-bond acceptors (Lipinski definition) is 6. The van der Waals surface area contributed by atoms with Gasteiger partial charge in [0.2, 0.25) is 0 Å². The number of amides is 1. The van der Waals surface area contributed by atoms with Gasteiger partial charge in [-0.25, -0.2) is 14.8 Å². The number of anilines is 1. The zero-order valence-corrected chi connectivity index (χ0v) is 19.2. The van der Waals surface area contributed by atoms with E-state index in [4.69, 9.17) is 9.72 Å². The van der Waals surface area contributed by atoms with Gasteiger partial charge in [0, 0.05) is 38.6 Å². The van der Waals surface area contributed by atoms with Crippen LogP contribution in [-0.4, -0.2) is 62.3 Å². The fourth-order valence-electron chi connectivity index (χ4n) is 4.31. The first-order chi connectivity index (χ1) is 15.3. The first-order valence-corrected chi connectivity index (χ1v) is 11.3. The van der Waals surface area contributed by atoms with Gasteiger partial charge in [-0.15, -0.1) is 0 Å². The summed E-state index contributed by atoms with van der Waals surface area (Å²) >= 11 is 0. The van der Waals surface area contributed by atoms with E-state index in [1.54, 1.807) is 11.2 Å². The molecule has 0 spiro atoms. The number of pyridine rings is 1. The second kappa shape index (κ2) is 7.76. The summed E-state index contributed by atoms with van der Waals surface area (Å²) in [5.41, 5.74) is 3.87. The van der Waals surface area contributed by atoms with Crippen LogP contribution in [0.1, 0.15) is 50.7 Å². The summed E-state index contributed by atoms with van der Waals surface area (Å²) in [6.45, 7) is 10.4. The van der Waals surface area contributed by atoms with Crippen LogP contribution in [0.25, 0.3) is 16.7 Å². The summed E-state index contributed by atoms with van der Waals surface area (Å²) in [6, 6.07) is 2.13. The maximum Gasteiger partial charge on any atom is 0.410 e. The number of carbonyl (C=O) groups excluding carboxylic acids is 1. The number of hydrogen-bond donors (Lipinski definition) is 0. The van der Waals surface area contributed by atoms with Crippen LogP contribution in [-0.2, 0) is 4.74 Å². The molecule has 1 amide bonds. The highest BCUT2D eigenvalue weighted by molar-refractivity contribution is 5.93. The molecule has 3 aromatic rings. The Morgan fingerprint density at radius 2 is 1.84 bits per heavy atom. The van der Waals surface area contributed by atoms with Gasteiger partial charge < -0.3 is 14.5 Å². The van der Waals surface area contributed by atoms with E-state index in [0.717, 1.165) is 28.1 Å². The van der Waals surface area contributed by atoms with Gasteiger partial charge in [-0.3, -0.25) is 9.55 Å². The second-order valence-corrected chi connectivity index (χ2v) is 9.80. The SMILES string of the molecule is Cc1cncc(-n2cc(C3CC3)c3c(N4CCN(C(=O)OC(C)(C)C)CC4)ncnc32)c1. The van der Waals surface area contributed by atoms with Crippen LogP contribution in [0, 0.1) is 6.92 Å². The van der Waals surface area contributed by atoms with Crippen molar-refractivity contribution < 1.29 is 9.53 Å². The molecule has 2 aliphatic rings. The molecule has 1 aliphatic heterocycles. The van der Waals surface area contributed by atoms with Gasteiger partial charge in [0.05, 0.1) is 17.3 Å². The summed E-state index contributed by atoms with van der Waals surface area (Å²) in [6.07, 6.45) is 9.76. The quantitative estimate of drug-likeness (QED) is 0.619. The highest BCUT2D eigenvalue weighted by atomic mass is 16.6. The van der Waals surface area contributed by atoms with E-state index in [2.05, 4.69) is 38.6 Å². The minimum Gasteiger partial charge on any atom is -0.444 e. The summed E-state index contributed by atoms with van der Waals surface area (Å²) < 4.78 is 7.69. The topological polar surface area (TPSA) is 76.4 Å². The van der Waals surface area contributed by atoms with E-state index in [0.29, 0.717) is 32.1 Å². The van der Waals surface area contributed by atoms with Crippen LogP contribution in [0.4, 0.5) is 10.6 Å². The Hall–Kier alpha value is -3.16. The number of aryl methyl sites for hydroxylation is 1. The van der Waals surface area contributed by atoms with Crippen molar-refractivity contribution in [3.05, 3.63) is 42.1 Å². The number of ether oxygens (including phenoxy) is 1. The predicted octanol–water partition coefficient (Wildman–Crippen LogP) is 4.06.